The minimum Gasteiger partial charge on any atom is -0.339 e. The quantitative estimate of drug-likeness (QED) is 0.543. The Labute approximate surface area is 85.4 Å². The Morgan fingerprint density at radius 3 is 2.92 bits per heavy atom. The van der Waals surface area contributed by atoms with E-state index in [0.29, 0.717) is 18.7 Å². The third-order valence-corrected chi connectivity index (χ3v) is 2.76. The van der Waals surface area contributed by atoms with Crippen molar-refractivity contribution < 1.29 is 4.79 Å². The third kappa shape index (κ3) is 3.43. The van der Waals surface area contributed by atoms with E-state index in [2.05, 4.69) is 19.2 Å². The van der Waals surface area contributed by atoms with E-state index in [1.807, 2.05) is 4.90 Å². The molecule has 0 saturated carbocycles. The van der Waals surface area contributed by atoms with Gasteiger partial charge < -0.3 is 4.90 Å². The number of carbonyl (C=O) groups excluding carboxylic acids is 1. The molecule has 0 aliphatic carbocycles. The minimum atomic E-state index is 0.278. The van der Waals surface area contributed by atoms with Crippen LogP contribution in [-0.2, 0) is 4.79 Å². The van der Waals surface area contributed by atoms with Gasteiger partial charge in [0.2, 0.25) is 5.91 Å². The van der Waals surface area contributed by atoms with Gasteiger partial charge in [0.15, 0.2) is 0 Å². The number of rotatable bonds is 3. The van der Waals surface area contributed by atoms with Crippen LogP contribution in [0, 0.1) is 0 Å². The lowest BCUT2D eigenvalue weighted by Crippen LogP contribution is -2.32. The fourth-order valence-electron chi connectivity index (χ4n) is 1.53. The second-order valence-electron chi connectivity index (χ2n) is 3.53. The highest BCUT2D eigenvalue weighted by Crippen LogP contribution is 2.12. The number of likely N-dealkylation sites (tertiary alicyclic amines) is 1. The molecular weight excluding hydrogens is 182 g/mol. The number of thiol groups is 1. The molecule has 3 heteroatoms. The molecule has 1 heterocycles. The van der Waals surface area contributed by atoms with Gasteiger partial charge in [0, 0.05) is 25.3 Å². The monoisotopic (exact) mass is 199 g/mol. The van der Waals surface area contributed by atoms with Gasteiger partial charge in [-0.1, -0.05) is 13.0 Å². The summed E-state index contributed by atoms with van der Waals surface area (Å²) >= 11 is 4.13. The van der Waals surface area contributed by atoms with E-state index >= 15 is 0 Å². The van der Waals surface area contributed by atoms with Gasteiger partial charge in [-0.3, -0.25) is 4.79 Å². The first-order chi connectivity index (χ1) is 6.24. The molecule has 0 radical (unpaired) electrons. The highest BCUT2D eigenvalue weighted by Gasteiger charge is 2.16. The number of nitrogens with zero attached hydrogens (tertiary/aromatic N) is 1. The lowest BCUT2D eigenvalue weighted by molar-refractivity contribution is -0.130. The fourth-order valence-corrected chi connectivity index (χ4v) is 1.63. The van der Waals surface area contributed by atoms with Crippen molar-refractivity contribution in [2.75, 3.05) is 18.8 Å². The maximum Gasteiger partial charge on any atom is 0.222 e. The van der Waals surface area contributed by atoms with Crippen molar-refractivity contribution in [3.8, 4) is 0 Å². The molecule has 0 spiro atoms. The molecule has 0 aromatic carbocycles. The summed E-state index contributed by atoms with van der Waals surface area (Å²) < 4.78 is 0. The van der Waals surface area contributed by atoms with E-state index in [1.165, 1.54) is 6.42 Å². The molecule has 0 bridgehead atoms. The first kappa shape index (κ1) is 10.6. The van der Waals surface area contributed by atoms with Crippen LogP contribution in [-0.4, -0.2) is 29.6 Å². The Morgan fingerprint density at radius 1 is 1.46 bits per heavy atom. The van der Waals surface area contributed by atoms with E-state index < -0.39 is 0 Å². The zero-order chi connectivity index (χ0) is 9.68. The highest BCUT2D eigenvalue weighted by molar-refractivity contribution is 7.80. The van der Waals surface area contributed by atoms with Crippen LogP contribution in [0.5, 0.6) is 0 Å². The molecule has 1 aliphatic heterocycles. The molecule has 13 heavy (non-hydrogen) atoms. The van der Waals surface area contributed by atoms with Gasteiger partial charge in [-0.05, 0) is 18.4 Å². The van der Waals surface area contributed by atoms with Crippen molar-refractivity contribution in [2.45, 2.75) is 25.7 Å². The molecule has 1 saturated heterocycles. The average molecular weight is 199 g/mol. The first-order valence-electron chi connectivity index (χ1n) is 4.79. The van der Waals surface area contributed by atoms with Gasteiger partial charge in [-0.2, -0.15) is 12.6 Å². The molecule has 1 amide bonds. The molecule has 0 aromatic heterocycles. The van der Waals surface area contributed by atoms with Crippen LogP contribution in [0.4, 0.5) is 0 Å². The molecule has 1 fully saturated rings. The van der Waals surface area contributed by atoms with Gasteiger partial charge in [0.25, 0.3) is 0 Å². The summed E-state index contributed by atoms with van der Waals surface area (Å²) in [7, 11) is 0. The van der Waals surface area contributed by atoms with Crippen molar-refractivity contribution in [2.24, 2.45) is 0 Å². The zero-order valence-corrected chi connectivity index (χ0v) is 8.85. The SMILES string of the molecule is C=C(CS)CN1CCCCCC1=O. The van der Waals surface area contributed by atoms with Gasteiger partial charge in [0.1, 0.15) is 0 Å². The van der Waals surface area contributed by atoms with E-state index in [0.717, 1.165) is 25.0 Å². The summed E-state index contributed by atoms with van der Waals surface area (Å²) in [6.07, 6.45) is 4.06. The maximum atomic E-state index is 11.5. The molecule has 0 unspecified atom stereocenters. The molecule has 0 atom stereocenters. The van der Waals surface area contributed by atoms with E-state index in [1.54, 1.807) is 0 Å². The van der Waals surface area contributed by atoms with E-state index in [9.17, 15) is 4.79 Å². The largest absolute Gasteiger partial charge is 0.339 e. The van der Waals surface area contributed by atoms with Crippen LogP contribution < -0.4 is 0 Å². The first-order valence-corrected chi connectivity index (χ1v) is 5.42. The summed E-state index contributed by atoms with van der Waals surface area (Å²) in [4.78, 5) is 13.4. The second-order valence-corrected chi connectivity index (χ2v) is 3.85. The van der Waals surface area contributed by atoms with Gasteiger partial charge in [-0.15, -0.1) is 0 Å². The fraction of sp³-hybridized carbons (Fsp3) is 0.700. The van der Waals surface area contributed by atoms with Crippen molar-refractivity contribution in [1.29, 1.82) is 0 Å². The van der Waals surface area contributed by atoms with Crippen molar-refractivity contribution in [3.63, 3.8) is 0 Å². The van der Waals surface area contributed by atoms with Crippen molar-refractivity contribution >= 4 is 18.5 Å². The highest BCUT2D eigenvalue weighted by atomic mass is 32.1. The molecule has 2 nitrogen and oxygen atoms in total. The van der Waals surface area contributed by atoms with Crippen molar-refractivity contribution in [3.05, 3.63) is 12.2 Å². The average Bonchev–Trinajstić information content (AvgIpc) is 2.32. The summed E-state index contributed by atoms with van der Waals surface area (Å²) in [6, 6.07) is 0. The number of amides is 1. The smallest absolute Gasteiger partial charge is 0.222 e. The lowest BCUT2D eigenvalue weighted by atomic mass is 10.2. The Hall–Kier alpha value is -0.440. The van der Waals surface area contributed by atoms with Crippen LogP contribution in [0.1, 0.15) is 25.7 Å². The second kappa shape index (κ2) is 5.32. The van der Waals surface area contributed by atoms with Crippen LogP contribution in [0.15, 0.2) is 12.2 Å². The number of hydrogen-bond acceptors (Lipinski definition) is 2. The molecule has 0 N–H and O–H groups in total. The Morgan fingerprint density at radius 2 is 2.23 bits per heavy atom. The molecule has 74 valence electrons. The predicted octanol–water partition coefficient (Wildman–Crippen LogP) is 1.88. The van der Waals surface area contributed by atoms with Crippen LogP contribution in [0.2, 0.25) is 0 Å². The molecule has 1 rings (SSSR count). The number of carbonyl (C=O) groups is 1. The normalized spacial score (nSPS) is 18.5. The van der Waals surface area contributed by atoms with Crippen molar-refractivity contribution in [1.82, 2.24) is 4.90 Å². The van der Waals surface area contributed by atoms with Crippen LogP contribution in [0.25, 0.3) is 0 Å². The molecule has 0 aromatic rings. The van der Waals surface area contributed by atoms with Gasteiger partial charge in [0.05, 0.1) is 0 Å². The Kier molecular flexibility index (Phi) is 4.36. The summed E-state index contributed by atoms with van der Waals surface area (Å²) in [5.41, 5.74) is 1.03. The van der Waals surface area contributed by atoms with E-state index in [-0.39, 0.29) is 5.91 Å². The summed E-state index contributed by atoms with van der Waals surface area (Å²) in [6.45, 7) is 5.45. The summed E-state index contributed by atoms with van der Waals surface area (Å²) in [5, 5.41) is 0. The Bertz CT molecular complexity index is 203. The van der Waals surface area contributed by atoms with Crippen LogP contribution >= 0.6 is 12.6 Å². The third-order valence-electron chi connectivity index (χ3n) is 2.31. The molecule has 1 aliphatic rings. The zero-order valence-electron chi connectivity index (χ0n) is 7.96. The maximum absolute atomic E-state index is 11.5. The van der Waals surface area contributed by atoms with E-state index in [4.69, 9.17) is 0 Å². The summed E-state index contributed by atoms with van der Waals surface area (Å²) in [5.74, 6) is 0.949. The predicted molar refractivity (Wildman–Crippen MR) is 58.0 cm³/mol. The Balaban J connectivity index is 2.45. The molecular formula is C10H17NOS. The topological polar surface area (TPSA) is 20.3 Å². The lowest BCUT2D eigenvalue weighted by Gasteiger charge is -2.20. The van der Waals surface area contributed by atoms with Gasteiger partial charge >= 0.3 is 0 Å². The minimum absolute atomic E-state index is 0.278. The van der Waals surface area contributed by atoms with Crippen LogP contribution in [0.3, 0.4) is 0 Å². The standard InChI is InChI=1S/C10H17NOS/c1-9(8-13)7-11-6-4-2-3-5-10(11)12/h13H,1-8H2. The van der Waals surface area contributed by atoms with Gasteiger partial charge in [-0.25, -0.2) is 0 Å². The number of hydrogen-bond donors (Lipinski definition) is 1.